The Morgan fingerprint density at radius 1 is 1.00 bits per heavy atom. The van der Waals surface area contributed by atoms with Gasteiger partial charge in [-0.3, -0.25) is 19.3 Å². The fraction of sp³-hybridized carbons (Fsp3) is 0.286. The Kier molecular flexibility index (Phi) is 4.99. The van der Waals surface area contributed by atoms with Crippen LogP contribution in [0.5, 0.6) is 0 Å². The maximum Gasteiger partial charge on any atom is 0.261 e. The van der Waals surface area contributed by atoms with E-state index in [0.29, 0.717) is 11.1 Å². The predicted octanol–water partition coefficient (Wildman–Crippen LogP) is 3.32. The molecule has 0 atom stereocenters. The van der Waals surface area contributed by atoms with Crippen molar-refractivity contribution in [1.29, 1.82) is 0 Å². The summed E-state index contributed by atoms with van der Waals surface area (Å²) in [5.74, 6) is -1.04. The zero-order valence-electron chi connectivity index (χ0n) is 16.0. The number of hydrogen-bond donors (Lipinski definition) is 1. The highest BCUT2D eigenvalue weighted by molar-refractivity contribution is 6.22. The predicted molar refractivity (Wildman–Crippen MR) is 106 cm³/mol. The lowest BCUT2D eigenvalue weighted by atomic mass is 10.0. The number of anilines is 2. The van der Waals surface area contributed by atoms with Crippen molar-refractivity contribution in [3.8, 4) is 0 Å². The molecule has 1 aliphatic heterocycles. The SMILES string of the molecule is CCN(CC)c1ccc(NC(=O)c2ccc3c(c2)C(=O)N(C)C3=O)c(C)c1. The lowest BCUT2D eigenvalue weighted by molar-refractivity contribution is 0.0693. The summed E-state index contributed by atoms with van der Waals surface area (Å²) in [5, 5.41) is 2.89. The van der Waals surface area contributed by atoms with E-state index in [-0.39, 0.29) is 23.3 Å². The second-order valence-corrected chi connectivity index (χ2v) is 6.56. The number of rotatable bonds is 5. The molecule has 2 aromatic rings. The van der Waals surface area contributed by atoms with Crippen LogP contribution in [-0.2, 0) is 0 Å². The van der Waals surface area contributed by atoms with Crippen LogP contribution in [0, 0.1) is 6.92 Å². The van der Waals surface area contributed by atoms with Crippen LogP contribution in [-0.4, -0.2) is 42.8 Å². The van der Waals surface area contributed by atoms with E-state index in [4.69, 9.17) is 0 Å². The largest absolute Gasteiger partial charge is 0.372 e. The zero-order chi connectivity index (χ0) is 19.7. The summed E-state index contributed by atoms with van der Waals surface area (Å²) in [5.41, 5.74) is 3.73. The highest BCUT2D eigenvalue weighted by atomic mass is 16.2. The molecule has 6 heteroatoms. The third-order valence-corrected chi connectivity index (χ3v) is 4.94. The van der Waals surface area contributed by atoms with Crippen LogP contribution in [0.25, 0.3) is 0 Å². The number of imide groups is 1. The lowest BCUT2D eigenvalue weighted by Gasteiger charge is -2.22. The van der Waals surface area contributed by atoms with Crippen molar-refractivity contribution in [2.75, 3.05) is 30.4 Å². The van der Waals surface area contributed by atoms with Crippen LogP contribution in [0.4, 0.5) is 11.4 Å². The number of carbonyl (C=O) groups excluding carboxylic acids is 3. The maximum atomic E-state index is 12.6. The third-order valence-electron chi connectivity index (χ3n) is 4.94. The first-order valence-electron chi connectivity index (χ1n) is 9.00. The molecule has 3 rings (SSSR count). The van der Waals surface area contributed by atoms with Gasteiger partial charge in [0.05, 0.1) is 11.1 Å². The minimum atomic E-state index is -0.385. The summed E-state index contributed by atoms with van der Waals surface area (Å²) in [7, 11) is 1.44. The van der Waals surface area contributed by atoms with Crippen LogP contribution in [0.3, 0.4) is 0 Å². The average molecular weight is 365 g/mol. The number of aryl methyl sites for hydroxylation is 1. The first-order chi connectivity index (χ1) is 12.9. The summed E-state index contributed by atoms with van der Waals surface area (Å²) in [4.78, 5) is 40.0. The molecular formula is C21H23N3O3. The molecule has 1 N–H and O–H groups in total. The van der Waals surface area contributed by atoms with Crippen molar-refractivity contribution in [3.63, 3.8) is 0 Å². The fourth-order valence-electron chi connectivity index (χ4n) is 3.27. The highest BCUT2D eigenvalue weighted by Crippen LogP contribution is 2.25. The molecule has 0 saturated carbocycles. The van der Waals surface area contributed by atoms with E-state index in [1.165, 1.54) is 19.2 Å². The molecule has 27 heavy (non-hydrogen) atoms. The monoisotopic (exact) mass is 365 g/mol. The van der Waals surface area contributed by atoms with Gasteiger partial charge in [-0.1, -0.05) is 0 Å². The van der Waals surface area contributed by atoms with E-state index < -0.39 is 0 Å². The summed E-state index contributed by atoms with van der Waals surface area (Å²) < 4.78 is 0. The van der Waals surface area contributed by atoms with E-state index in [9.17, 15) is 14.4 Å². The summed E-state index contributed by atoms with van der Waals surface area (Å²) in [6.45, 7) is 7.98. The molecule has 0 aromatic heterocycles. The van der Waals surface area contributed by atoms with E-state index in [1.807, 2.05) is 25.1 Å². The van der Waals surface area contributed by atoms with Gasteiger partial charge in [0.15, 0.2) is 0 Å². The van der Waals surface area contributed by atoms with Crippen molar-refractivity contribution >= 4 is 29.1 Å². The molecule has 0 fully saturated rings. The average Bonchev–Trinajstić information content (AvgIpc) is 2.88. The van der Waals surface area contributed by atoms with Crippen LogP contribution in [0.1, 0.15) is 50.5 Å². The fourth-order valence-corrected chi connectivity index (χ4v) is 3.27. The van der Waals surface area contributed by atoms with Gasteiger partial charge in [-0.05, 0) is 62.7 Å². The third kappa shape index (κ3) is 3.30. The molecule has 140 valence electrons. The summed E-state index contributed by atoms with van der Waals surface area (Å²) in [6.07, 6.45) is 0. The molecule has 0 unspecified atom stereocenters. The molecule has 1 heterocycles. The Hall–Kier alpha value is -3.15. The topological polar surface area (TPSA) is 69.7 Å². The van der Waals surface area contributed by atoms with Gasteiger partial charge in [0.25, 0.3) is 17.7 Å². The van der Waals surface area contributed by atoms with Gasteiger partial charge in [-0.25, -0.2) is 0 Å². The molecule has 6 nitrogen and oxygen atoms in total. The lowest BCUT2D eigenvalue weighted by Crippen LogP contribution is -2.24. The Bertz CT molecular complexity index is 932. The second-order valence-electron chi connectivity index (χ2n) is 6.56. The molecule has 0 spiro atoms. The standard InChI is InChI=1S/C21H23N3O3/c1-5-24(6-2)15-8-10-18(13(3)11-15)22-19(25)14-7-9-16-17(12-14)21(27)23(4)20(16)26/h7-12H,5-6H2,1-4H3,(H,22,25). The molecular weight excluding hydrogens is 342 g/mol. The Morgan fingerprint density at radius 3 is 2.30 bits per heavy atom. The quantitative estimate of drug-likeness (QED) is 0.825. The van der Waals surface area contributed by atoms with Gasteiger partial charge in [-0.2, -0.15) is 0 Å². The smallest absolute Gasteiger partial charge is 0.261 e. The van der Waals surface area contributed by atoms with Gasteiger partial charge in [0, 0.05) is 37.1 Å². The Balaban J connectivity index is 1.83. The van der Waals surface area contributed by atoms with Crippen molar-refractivity contribution in [3.05, 3.63) is 58.7 Å². The molecule has 0 aliphatic carbocycles. The second kappa shape index (κ2) is 7.23. The van der Waals surface area contributed by atoms with Gasteiger partial charge in [-0.15, -0.1) is 0 Å². The number of hydrogen-bond acceptors (Lipinski definition) is 4. The zero-order valence-corrected chi connectivity index (χ0v) is 16.0. The normalized spacial score (nSPS) is 13.0. The van der Waals surface area contributed by atoms with Gasteiger partial charge < -0.3 is 10.2 Å². The van der Waals surface area contributed by atoms with Crippen molar-refractivity contribution in [1.82, 2.24) is 4.90 Å². The van der Waals surface area contributed by atoms with E-state index in [1.54, 1.807) is 6.07 Å². The Labute approximate surface area is 158 Å². The van der Waals surface area contributed by atoms with Crippen molar-refractivity contribution < 1.29 is 14.4 Å². The van der Waals surface area contributed by atoms with Crippen molar-refractivity contribution in [2.45, 2.75) is 20.8 Å². The first kappa shape index (κ1) is 18.6. The highest BCUT2D eigenvalue weighted by Gasteiger charge is 2.33. The number of nitrogens with one attached hydrogen (secondary N) is 1. The van der Waals surface area contributed by atoms with E-state index in [2.05, 4.69) is 24.1 Å². The van der Waals surface area contributed by atoms with E-state index >= 15 is 0 Å². The van der Waals surface area contributed by atoms with Crippen LogP contribution in [0.15, 0.2) is 36.4 Å². The molecule has 1 aliphatic rings. The van der Waals surface area contributed by atoms with Crippen molar-refractivity contribution in [2.24, 2.45) is 0 Å². The van der Waals surface area contributed by atoms with Gasteiger partial charge in [0.2, 0.25) is 0 Å². The Morgan fingerprint density at radius 2 is 1.67 bits per heavy atom. The number of benzene rings is 2. The van der Waals surface area contributed by atoms with Gasteiger partial charge >= 0.3 is 0 Å². The molecule has 0 bridgehead atoms. The van der Waals surface area contributed by atoms with E-state index in [0.717, 1.165) is 34.9 Å². The molecule has 2 aromatic carbocycles. The minimum Gasteiger partial charge on any atom is -0.372 e. The number of carbonyl (C=O) groups is 3. The molecule has 0 radical (unpaired) electrons. The number of amides is 3. The van der Waals surface area contributed by atoms with Crippen LogP contribution < -0.4 is 10.2 Å². The van der Waals surface area contributed by atoms with Gasteiger partial charge in [0.1, 0.15) is 0 Å². The first-order valence-corrected chi connectivity index (χ1v) is 9.00. The summed E-state index contributed by atoms with van der Waals surface area (Å²) in [6, 6.07) is 10.5. The molecule has 3 amide bonds. The minimum absolute atomic E-state index is 0.267. The number of fused-ring (bicyclic) bond motifs is 1. The maximum absolute atomic E-state index is 12.6. The number of nitrogens with zero attached hydrogens (tertiary/aromatic N) is 2. The van der Waals surface area contributed by atoms with Crippen LogP contribution >= 0.6 is 0 Å². The van der Waals surface area contributed by atoms with Crippen LogP contribution in [0.2, 0.25) is 0 Å². The molecule has 0 saturated heterocycles. The summed E-state index contributed by atoms with van der Waals surface area (Å²) >= 11 is 0.